The molecule has 0 bridgehead atoms. The predicted octanol–water partition coefficient (Wildman–Crippen LogP) is 2.22. The molecular weight excluding hydrogens is 368 g/mol. The molecule has 4 rings (SSSR count). The SMILES string of the molecule is Cc1c2c(O[C@H](C)[C@H]3CNC(=O)C3)nc(-c3cnn(C(C)(C)C)c3)cc2[nH][n+]1C. The number of nitrogens with one attached hydrogen (secondary N) is 2. The monoisotopic (exact) mass is 397 g/mol. The lowest BCUT2D eigenvalue weighted by Crippen LogP contribution is -2.32. The van der Waals surface area contributed by atoms with Gasteiger partial charge < -0.3 is 10.1 Å². The Bertz CT molecular complexity index is 1070. The van der Waals surface area contributed by atoms with Gasteiger partial charge >= 0.3 is 0 Å². The van der Waals surface area contributed by atoms with Gasteiger partial charge in [0, 0.05) is 37.6 Å². The fourth-order valence-electron chi connectivity index (χ4n) is 3.68. The molecule has 1 aliphatic rings. The summed E-state index contributed by atoms with van der Waals surface area (Å²) >= 11 is 0. The first-order chi connectivity index (χ1) is 13.6. The van der Waals surface area contributed by atoms with Gasteiger partial charge in [0.05, 0.1) is 17.4 Å². The molecule has 3 aromatic rings. The van der Waals surface area contributed by atoms with Gasteiger partial charge in [0.2, 0.25) is 17.5 Å². The first-order valence-corrected chi connectivity index (χ1v) is 10.0. The smallest absolute Gasteiger partial charge is 0.230 e. The van der Waals surface area contributed by atoms with Crippen molar-refractivity contribution in [2.24, 2.45) is 13.0 Å². The fraction of sp³-hybridized carbons (Fsp3) is 0.524. The first-order valence-electron chi connectivity index (χ1n) is 10.0. The lowest BCUT2D eigenvalue weighted by Gasteiger charge is -2.19. The molecule has 4 heterocycles. The molecule has 0 unspecified atom stereocenters. The number of carbonyl (C=O) groups is 1. The molecule has 3 aromatic heterocycles. The van der Waals surface area contributed by atoms with E-state index in [0.717, 1.165) is 27.9 Å². The number of nitrogens with zero attached hydrogens (tertiary/aromatic N) is 4. The third kappa shape index (κ3) is 3.59. The van der Waals surface area contributed by atoms with Crippen LogP contribution in [0.15, 0.2) is 18.5 Å². The number of aromatic amines is 1. The van der Waals surface area contributed by atoms with Gasteiger partial charge in [-0.1, -0.05) is 0 Å². The Hall–Kier alpha value is -2.90. The summed E-state index contributed by atoms with van der Waals surface area (Å²) in [5, 5.41) is 11.7. The van der Waals surface area contributed by atoms with Crippen LogP contribution in [0.4, 0.5) is 0 Å². The quantitative estimate of drug-likeness (QED) is 0.661. The van der Waals surface area contributed by atoms with Crippen LogP contribution < -0.4 is 14.7 Å². The van der Waals surface area contributed by atoms with Crippen LogP contribution in [0, 0.1) is 12.8 Å². The maximum absolute atomic E-state index is 11.6. The minimum absolute atomic E-state index is 0.0797. The fourth-order valence-corrected chi connectivity index (χ4v) is 3.68. The number of hydrogen-bond acceptors (Lipinski definition) is 4. The second kappa shape index (κ2) is 6.86. The Labute approximate surface area is 170 Å². The van der Waals surface area contributed by atoms with Crippen LogP contribution in [-0.2, 0) is 17.4 Å². The zero-order valence-corrected chi connectivity index (χ0v) is 17.9. The molecule has 1 saturated heterocycles. The summed E-state index contributed by atoms with van der Waals surface area (Å²) in [6, 6.07) is 2.03. The number of amides is 1. The van der Waals surface area contributed by atoms with Crippen molar-refractivity contribution in [3.05, 3.63) is 24.2 Å². The Morgan fingerprint density at radius 3 is 2.76 bits per heavy atom. The molecule has 2 N–H and O–H groups in total. The number of carbonyl (C=O) groups excluding carboxylic acids is 1. The second-order valence-electron chi connectivity index (χ2n) is 8.93. The summed E-state index contributed by atoms with van der Waals surface area (Å²) in [4.78, 5) is 16.5. The highest BCUT2D eigenvalue weighted by Crippen LogP contribution is 2.32. The van der Waals surface area contributed by atoms with Gasteiger partial charge in [0.1, 0.15) is 17.0 Å². The van der Waals surface area contributed by atoms with Gasteiger partial charge in [0.25, 0.3) is 0 Å². The van der Waals surface area contributed by atoms with Gasteiger partial charge in [-0.3, -0.25) is 9.48 Å². The molecular formula is C21H29N6O2+. The maximum Gasteiger partial charge on any atom is 0.230 e. The van der Waals surface area contributed by atoms with E-state index in [9.17, 15) is 4.79 Å². The topological polar surface area (TPSA) is 88.7 Å². The van der Waals surface area contributed by atoms with E-state index in [2.05, 4.69) is 36.3 Å². The van der Waals surface area contributed by atoms with E-state index in [1.54, 1.807) is 0 Å². The molecule has 8 heteroatoms. The third-order valence-electron chi connectivity index (χ3n) is 5.68. The number of hydrogen-bond donors (Lipinski definition) is 2. The van der Waals surface area contributed by atoms with E-state index in [1.165, 1.54) is 0 Å². The molecule has 0 saturated carbocycles. The molecule has 0 aliphatic carbocycles. The third-order valence-corrected chi connectivity index (χ3v) is 5.68. The van der Waals surface area contributed by atoms with Gasteiger partial charge in [0.15, 0.2) is 7.05 Å². The number of rotatable bonds is 4. The molecule has 1 aliphatic heterocycles. The Morgan fingerprint density at radius 1 is 1.38 bits per heavy atom. The Balaban J connectivity index is 1.75. The minimum atomic E-state index is -0.128. The molecule has 2 atom stereocenters. The largest absolute Gasteiger partial charge is 0.474 e. The minimum Gasteiger partial charge on any atom is -0.474 e. The maximum atomic E-state index is 11.6. The molecule has 0 radical (unpaired) electrons. The summed E-state index contributed by atoms with van der Waals surface area (Å²) in [6.45, 7) is 11.0. The van der Waals surface area contributed by atoms with Gasteiger partial charge in [-0.25, -0.2) is 4.98 Å². The number of fused-ring (bicyclic) bond motifs is 1. The molecule has 0 spiro atoms. The average molecular weight is 398 g/mol. The van der Waals surface area contributed by atoms with Crippen molar-refractivity contribution in [1.82, 2.24) is 25.2 Å². The van der Waals surface area contributed by atoms with E-state index in [1.807, 2.05) is 48.7 Å². The van der Waals surface area contributed by atoms with E-state index < -0.39 is 0 Å². The predicted molar refractivity (Wildman–Crippen MR) is 109 cm³/mol. The highest BCUT2D eigenvalue weighted by atomic mass is 16.5. The second-order valence-corrected chi connectivity index (χ2v) is 8.93. The van der Waals surface area contributed by atoms with Crippen molar-refractivity contribution >= 4 is 16.8 Å². The lowest BCUT2D eigenvalue weighted by atomic mass is 10.0. The van der Waals surface area contributed by atoms with E-state index in [0.29, 0.717) is 18.8 Å². The van der Waals surface area contributed by atoms with Crippen LogP contribution in [-0.4, -0.2) is 38.4 Å². The molecule has 154 valence electrons. The van der Waals surface area contributed by atoms with Gasteiger partial charge in [-0.05, 0) is 33.8 Å². The molecule has 8 nitrogen and oxygen atoms in total. The van der Waals surface area contributed by atoms with Crippen LogP contribution in [0.1, 0.15) is 39.8 Å². The van der Waals surface area contributed by atoms with Crippen molar-refractivity contribution in [2.75, 3.05) is 6.54 Å². The van der Waals surface area contributed by atoms with Crippen LogP contribution in [0.2, 0.25) is 0 Å². The van der Waals surface area contributed by atoms with Crippen LogP contribution in [0.25, 0.3) is 22.2 Å². The van der Waals surface area contributed by atoms with Crippen LogP contribution in [0.3, 0.4) is 0 Å². The molecule has 1 fully saturated rings. The zero-order chi connectivity index (χ0) is 20.9. The summed E-state index contributed by atoms with van der Waals surface area (Å²) < 4.78 is 10.2. The van der Waals surface area contributed by atoms with Crippen molar-refractivity contribution in [3.8, 4) is 17.1 Å². The highest BCUT2D eigenvalue weighted by Gasteiger charge is 2.30. The molecule has 29 heavy (non-hydrogen) atoms. The first kappa shape index (κ1) is 19.4. The van der Waals surface area contributed by atoms with Gasteiger partial charge in [-0.15, -0.1) is 4.68 Å². The Morgan fingerprint density at radius 2 is 2.14 bits per heavy atom. The summed E-state index contributed by atoms with van der Waals surface area (Å²) in [7, 11) is 1.97. The zero-order valence-electron chi connectivity index (χ0n) is 17.9. The number of ether oxygens (including phenoxy) is 1. The van der Waals surface area contributed by atoms with Crippen molar-refractivity contribution in [2.45, 2.75) is 52.7 Å². The number of H-pyrrole nitrogens is 1. The van der Waals surface area contributed by atoms with Crippen molar-refractivity contribution < 1.29 is 14.2 Å². The lowest BCUT2D eigenvalue weighted by molar-refractivity contribution is -0.730. The standard InChI is InChI=1S/C21H28N6O2/c1-12-19-17(25-26(12)6)8-16(15-10-23-27(11-15)21(3,4)5)24-20(19)29-13(2)14-7-18(28)22-9-14/h8,10-11,13-14H,7,9H2,1-6H3,(H,22,28)/p+1/t13-,14-/m1/s1. The van der Waals surface area contributed by atoms with E-state index >= 15 is 0 Å². The summed E-state index contributed by atoms with van der Waals surface area (Å²) in [5.41, 5.74) is 3.64. The highest BCUT2D eigenvalue weighted by molar-refractivity contribution is 5.88. The Kier molecular flexibility index (Phi) is 4.59. The van der Waals surface area contributed by atoms with Crippen molar-refractivity contribution in [3.63, 3.8) is 0 Å². The summed E-state index contributed by atoms with van der Waals surface area (Å²) in [5.74, 6) is 0.804. The normalized spacial score (nSPS) is 18.3. The van der Waals surface area contributed by atoms with Crippen LogP contribution >= 0.6 is 0 Å². The average Bonchev–Trinajstić information content (AvgIpc) is 3.34. The number of aromatic nitrogens is 5. The van der Waals surface area contributed by atoms with E-state index in [4.69, 9.17) is 9.72 Å². The van der Waals surface area contributed by atoms with Crippen molar-refractivity contribution in [1.29, 1.82) is 0 Å². The van der Waals surface area contributed by atoms with E-state index in [-0.39, 0.29) is 23.5 Å². The van der Waals surface area contributed by atoms with Crippen LogP contribution in [0.5, 0.6) is 5.88 Å². The number of pyridine rings is 1. The van der Waals surface area contributed by atoms with Gasteiger partial charge in [-0.2, -0.15) is 10.2 Å². The molecule has 0 aromatic carbocycles. The number of aryl methyl sites for hydroxylation is 2. The molecule has 1 amide bonds. The summed E-state index contributed by atoms with van der Waals surface area (Å²) in [6.07, 6.45) is 4.21.